The number of allylic oxidation sites excluding steroid dienone is 1. The maximum atomic E-state index is 12.5. The number of hydrogen-bond donors (Lipinski definition) is 5. The van der Waals surface area contributed by atoms with Crippen LogP contribution in [0, 0.1) is 0 Å². The predicted octanol–water partition coefficient (Wildman–Crippen LogP) is 1.28. The molecule has 0 heterocycles. The zero-order valence-corrected chi connectivity index (χ0v) is 17.1. The van der Waals surface area contributed by atoms with Crippen LogP contribution >= 0.6 is 12.6 Å². The molecule has 6 nitrogen and oxygen atoms in total. The summed E-state index contributed by atoms with van der Waals surface area (Å²) < 4.78 is 0. The third kappa shape index (κ3) is 9.60. The molecule has 1 aromatic rings. The molecule has 0 fully saturated rings. The van der Waals surface area contributed by atoms with Crippen molar-refractivity contribution in [2.45, 2.75) is 38.8 Å². The predicted molar refractivity (Wildman–Crippen MR) is 114 cm³/mol. The van der Waals surface area contributed by atoms with Gasteiger partial charge in [0.1, 0.15) is 0 Å². The molecule has 0 unspecified atom stereocenters. The van der Waals surface area contributed by atoms with Crippen LogP contribution in [-0.4, -0.2) is 49.2 Å². The largest absolute Gasteiger partial charge is 0.388 e. The lowest BCUT2D eigenvalue weighted by molar-refractivity contribution is -0.117. The van der Waals surface area contributed by atoms with Crippen LogP contribution in [0.5, 0.6) is 0 Å². The van der Waals surface area contributed by atoms with Crippen molar-refractivity contribution >= 4 is 24.3 Å². The van der Waals surface area contributed by atoms with Crippen LogP contribution in [0.15, 0.2) is 36.5 Å². The van der Waals surface area contributed by atoms with Gasteiger partial charge in [0.25, 0.3) is 0 Å². The van der Waals surface area contributed by atoms with Crippen LogP contribution in [0.1, 0.15) is 36.2 Å². The molecule has 0 saturated carbocycles. The van der Waals surface area contributed by atoms with Gasteiger partial charge in [-0.1, -0.05) is 44.7 Å². The molecule has 1 rings (SSSR count). The first-order valence-corrected chi connectivity index (χ1v) is 9.87. The van der Waals surface area contributed by atoms with Crippen LogP contribution < -0.4 is 21.7 Å². The molecule has 1 aromatic carbocycles. The number of hydrogen-bond acceptors (Lipinski definition) is 6. The van der Waals surface area contributed by atoms with Gasteiger partial charge in [0.05, 0.1) is 12.6 Å². The third-order valence-electron chi connectivity index (χ3n) is 3.96. The van der Waals surface area contributed by atoms with E-state index in [-0.39, 0.29) is 12.3 Å². The molecule has 0 spiro atoms. The first-order valence-electron chi connectivity index (χ1n) is 9.24. The average Bonchev–Trinajstić information content (AvgIpc) is 2.62. The Morgan fingerprint density at radius 3 is 2.37 bits per heavy atom. The molecule has 0 aliphatic carbocycles. The second kappa shape index (κ2) is 12.5. The molecule has 1 atom stereocenters. The van der Waals surface area contributed by atoms with Gasteiger partial charge in [0, 0.05) is 36.0 Å². The number of carbonyl (C=O) groups is 2. The number of primary amides is 1. The topological polar surface area (TPSA) is 96.2 Å². The highest BCUT2D eigenvalue weighted by Crippen LogP contribution is 2.10. The third-order valence-corrected chi connectivity index (χ3v) is 4.32. The molecule has 0 aliphatic rings. The molecule has 1 amide bonds. The normalized spacial score (nSPS) is 12.0. The Morgan fingerprint density at radius 1 is 1.15 bits per heavy atom. The Bertz CT molecular complexity index is 617. The van der Waals surface area contributed by atoms with Gasteiger partial charge in [-0.05, 0) is 18.5 Å². The SMILES string of the molecule is C=C(Cc1ccc(C(=O)[C@H](CS)NCC(N)=O)cc1)NCCCNC(C)C. The molecule has 0 aromatic heterocycles. The molecule has 5 N–H and O–H groups in total. The first kappa shape index (κ1) is 23.2. The Labute approximate surface area is 167 Å². The summed E-state index contributed by atoms with van der Waals surface area (Å²) in [6, 6.07) is 7.39. The van der Waals surface area contributed by atoms with Gasteiger partial charge < -0.3 is 16.4 Å². The standard InChI is InChI=1S/C20H32N4O2S/c1-14(2)22-9-4-10-23-15(3)11-16-5-7-17(8-6-16)20(26)18(13-27)24-12-19(21)25/h5-8,14,18,22-24,27H,3-4,9-13H2,1-2H3,(H2,21,25)/t18-/m0/s1. The Morgan fingerprint density at radius 2 is 1.81 bits per heavy atom. The average molecular weight is 393 g/mol. The lowest BCUT2D eigenvalue weighted by atomic mass is 10.0. The number of nitrogens with one attached hydrogen (secondary N) is 3. The molecule has 150 valence electrons. The van der Waals surface area contributed by atoms with Crippen molar-refractivity contribution in [3.05, 3.63) is 47.7 Å². The van der Waals surface area contributed by atoms with Gasteiger partial charge in [-0.2, -0.15) is 12.6 Å². The number of carbonyl (C=O) groups excluding carboxylic acids is 2. The lowest BCUT2D eigenvalue weighted by Gasteiger charge is -2.15. The van der Waals surface area contributed by atoms with Gasteiger partial charge >= 0.3 is 0 Å². The second-order valence-corrected chi connectivity index (χ2v) is 7.18. The van der Waals surface area contributed by atoms with E-state index in [0.717, 1.165) is 30.8 Å². The van der Waals surface area contributed by atoms with E-state index in [0.29, 0.717) is 23.8 Å². The maximum Gasteiger partial charge on any atom is 0.231 e. The molecular weight excluding hydrogens is 360 g/mol. The van der Waals surface area contributed by atoms with E-state index < -0.39 is 11.9 Å². The fourth-order valence-corrected chi connectivity index (χ4v) is 2.80. The number of thiol groups is 1. The number of Topliss-reactive ketones (excluding diaryl/α,β-unsaturated/α-hetero) is 1. The minimum absolute atomic E-state index is 0.0484. The summed E-state index contributed by atoms with van der Waals surface area (Å²) in [7, 11) is 0. The van der Waals surface area contributed by atoms with Crippen LogP contribution in [0.25, 0.3) is 0 Å². The van der Waals surface area contributed by atoms with Crippen molar-refractivity contribution in [3.63, 3.8) is 0 Å². The zero-order chi connectivity index (χ0) is 20.2. The van der Waals surface area contributed by atoms with Crippen molar-refractivity contribution in [2.75, 3.05) is 25.4 Å². The quantitative estimate of drug-likeness (QED) is 0.187. The van der Waals surface area contributed by atoms with E-state index in [1.807, 2.05) is 12.1 Å². The molecular formula is C20H32N4O2S. The highest BCUT2D eigenvalue weighted by Gasteiger charge is 2.18. The number of ketones is 1. The molecule has 0 bridgehead atoms. The summed E-state index contributed by atoms with van der Waals surface area (Å²) in [4.78, 5) is 23.3. The summed E-state index contributed by atoms with van der Waals surface area (Å²) >= 11 is 4.17. The van der Waals surface area contributed by atoms with Crippen LogP contribution in [0.4, 0.5) is 0 Å². The van der Waals surface area contributed by atoms with E-state index >= 15 is 0 Å². The maximum absolute atomic E-state index is 12.5. The summed E-state index contributed by atoms with van der Waals surface area (Å²) in [6.07, 6.45) is 1.75. The van der Waals surface area contributed by atoms with E-state index in [9.17, 15) is 9.59 Å². The molecule has 7 heteroatoms. The fraction of sp³-hybridized carbons (Fsp3) is 0.500. The van der Waals surface area contributed by atoms with Crippen LogP contribution in [-0.2, 0) is 11.2 Å². The molecule has 0 radical (unpaired) electrons. The Hall–Kier alpha value is -1.83. The van der Waals surface area contributed by atoms with Crippen molar-refractivity contribution in [1.29, 1.82) is 0 Å². The molecule has 0 aliphatic heterocycles. The summed E-state index contributed by atoms with van der Waals surface area (Å²) in [5.74, 6) is -0.316. The highest BCUT2D eigenvalue weighted by atomic mass is 32.1. The van der Waals surface area contributed by atoms with E-state index in [1.54, 1.807) is 12.1 Å². The van der Waals surface area contributed by atoms with Crippen molar-refractivity contribution in [2.24, 2.45) is 5.73 Å². The summed E-state index contributed by atoms with van der Waals surface area (Å²) in [5, 5.41) is 9.53. The first-order chi connectivity index (χ1) is 12.8. The second-order valence-electron chi connectivity index (χ2n) is 6.81. The van der Waals surface area contributed by atoms with E-state index in [1.165, 1.54) is 0 Å². The molecule has 27 heavy (non-hydrogen) atoms. The monoisotopic (exact) mass is 392 g/mol. The van der Waals surface area contributed by atoms with Gasteiger partial charge in [0.2, 0.25) is 5.91 Å². The van der Waals surface area contributed by atoms with Gasteiger partial charge in [0.15, 0.2) is 5.78 Å². The van der Waals surface area contributed by atoms with Gasteiger partial charge in [-0.3, -0.25) is 14.9 Å². The van der Waals surface area contributed by atoms with Gasteiger partial charge in [-0.15, -0.1) is 0 Å². The number of nitrogens with two attached hydrogens (primary N) is 1. The van der Waals surface area contributed by atoms with Crippen molar-refractivity contribution in [1.82, 2.24) is 16.0 Å². The van der Waals surface area contributed by atoms with E-state index in [4.69, 9.17) is 5.73 Å². The van der Waals surface area contributed by atoms with Gasteiger partial charge in [-0.25, -0.2) is 0 Å². The number of amides is 1. The van der Waals surface area contributed by atoms with E-state index in [2.05, 4.69) is 49.0 Å². The highest BCUT2D eigenvalue weighted by molar-refractivity contribution is 7.80. The Kier molecular flexibility index (Phi) is 10.8. The smallest absolute Gasteiger partial charge is 0.231 e. The minimum atomic E-state index is -0.539. The summed E-state index contributed by atoms with van der Waals surface area (Å²) in [6.45, 7) is 10.1. The lowest BCUT2D eigenvalue weighted by Crippen LogP contribution is -2.42. The van der Waals surface area contributed by atoms with Crippen molar-refractivity contribution < 1.29 is 9.59 Å². The van der Waals surface area contributed by atoms with Crippen LogP contribution in [0.2, 0.25) is 0 Å². The molecule has 0 saturated heterocycles. The zero-order valence-electron chi connectivity index (χ0n) is 16.3. The Balaban J connectivity index is 2.47. The fourth-order valence-electron chi connectivity index (χ4n) is 2.51. The number of rotatable bonds is 14. The van der Waals surface area contributed by atoms with Crippen molar-refractivity contribution in [3.8, 4) is 0 Å². The van der Waals surface area contributed by atoms with Crippen LogP contribution in [0.3, 0.4) is 0 Å². The summed E-state index contributed by atoms with van der Waals surface area (Å²) in [5.41, 5.74) is 7.72. The minimum Gasteiger partial charge on any atom is -0.388 e. The number of benzene rings is 1.